The van der Waals surface area contributed by atoms with Crippen LogP contribution in [0.25, 0.3) is 10.9 Å². The van der Waals surface area contributed by atoms with Crippen molar-refractivity contribution in [3.63, 3.8) is 0 Å². The molecule has 6 atom stereocenters. The number of benzene rings is 4. The van der Waals surface area contributed by atoms with E-state index in [1.807, 2.05) is 4.72 Å². The van der Waals surface area contributed by atoms with Gasteiger partial charge in [-0.05, 0) is 111 Å². The Hall–Kier alpha value is -10.5. The maximum absolute atomic E-state index is 14.6. The minimum absolute atomic E-state index is 0.00366. The number of methoxy groups -OCH3 is 1. The highest BCUT2D eigenvalue weighted by Crippen LogP contribution is 2.21. The van der Waals surface area contributed by atoms with Crippen LogP contribution in [0.4, 0.5) is 9.18 Å². The second kappa shape index (κ2) is 37.7. The summed E-state index contributed by atoms with van der Waals surface area (Å²) >= 11 is 0. The highest BCUT2D eigenvalue weighted by molar-refractivity contribution is 7.89. The number of carbonyl (C=O) groups excluding carboxylic acids is 9. The number of carboxylic acid groups (broad SMARTS) is 3. The molecule has 0 spiro atoms. The van der Waals surface area contributed by atoms with Crippen LogP contribution in [0.5, 0.6) is 11.5 Å². The molecule has 6 unspecified atom stereocenters. The normalized spacial score (nSPS) is 13.0. The number of H-pyrrole nitrogens is 1. The summed E-state index contributed by atoms with van der Waals surface area (Å²) in [5.74, 6) is -12.2. The number of ether oxygens (including phenoxy) is 2. The van der Waals surface area contributed by atoms with Crippen LogP contribution in [0.3, 0.4) is 0 Å². The van der Waals surface area contributed by atoms with E-state index in [0.717, 1.165) is 24.3 Å². The summed E-state index contributed by atoms with van der Waals surface area (Å²) in [6, 6.07) is 15.4. The van der Waals surface area contributed by atoms with Gasteiger partial charge in [0.2, 0.25) is 57.3 Å². The largest absolute Gasteiger partial charge is 0.497 e. The molecule has 5 rings (SSSR count). The zero-order valence-corrected chi connectivity index (χ0v) is 51.9. The molecule has 0 radical (unpaired) electrons. The number of hydrogen-bond donors (Lipinski definition) is 14. The Bertz CT molecular complexity index is 3580. The second-order valence-corrected chi connectivity index (χ2v) is 23.2. The first kappa shape index (κ1) is 74.2. The Morgan fingerprint density at radius 2 is 1.13 bits per heavy atom. The lowest BCUT2D eigenvalue weighted by Crippen LogP contribution is -2.58. The van der Waals surface area contributed by atoms with Gasteiger partial charge in [0.05, 0.1) is 25.0 Å². The zero-order valence-electron chi connectivity index (χ0n) is 51.1. The molecule has 4 aromatic carbocycles. The number of amides is 9. The van der Waals surface area contributed by atoms with Gasteiger partial charge in [0.25, 0.3) is 0 Å². The number of aliphatic carboxylic acids is 3. The summed E-state index contributed by atoms with van der Waals surface area (Å²) in [5.41, 5.74) is 6.81. The van der Waals surface area contributed by atoms with Crippen molar-refractivity contribution < 1.29 is 95.1 Å². The minimum atomic E-state index is -4.60. The van der Waals surface area contributed by atoms with Crippen molar-refractivity contribution in [1.29, 1.82) is 0 Å². The number of halogens is 1. The second-order valence-electron chi connectivity index (χ2n) is 21.5. The number of rotatable bonds is 41. The molecule has 0 fully saturated rings. The first-order valence-corrected chi connectivity index (χ1v) is 31.3. The van der Waals surface area contributed by atoms with E-state index < -0.39 is 173 Å². The van der Waals surface area contributed by atoms with Crippen molar-refractivity contribution in [2.24, 2.45) is 5.73 Å². The van der Waals surface area contributed by atoms with Gasteiger partial charge in [0.1, 0.15) is 53.6 Å². The van der Waals surface area contributed by atoms with Gasteiger partial charge in [-0.2, -0.15) is 4.72 Å². The van der Waals surface area contributed by atoms with Crippen LogP contribution in [0.2, 0.25) is 0 Å². The number of fused-ring (bicyclic) bond motifs is 1. The monoisotopic (exact) mass is 1330 g/mol. The highest BCUT2D eigenvalue weighted by Gasteiger charge is 2.34. The van der Waals surface area contributed by atoms with E-state index in [2.05, 4.69) is 47.5 Å². The Morgan fingerprint density at radius 1 is 0.543 bits per heavy atom. The van der Waals surface area contributed by atoms with Gasteiger partial charge in [0, 0.05) is 62.3 Å². The molecule has 0 aliphatic rings. The third kappa shape index (κ3) is 26.0. The maximum atomic E-state index is 14.6. The molecule has 0 bridgehead atoms. The fraction of sp³-hybridized carbons (Fsp3) is 0.387. The smallest absolute Gasteiger partial charge is 0.412 e. The zero-order chi connectivity index (χ0) is 68.7. The first-order valence-electron chi connectivity index (χ1n) is 29.8. The highest BCUT2D eigenvalue weighted by atomic mass is 32.2. The average molecular weight is 1330 g/mol. The summed E-state index contributed by atoms with van der Waals surface area (Å²) in [5, 5.41) is 49.1. The summed E-state index contributed by atoms with van der Waals surface area (Å²) in [6.45, 7) is -0.736. The number of hydrogen-bond acceptors (Lipinski definition) is 16. The molecule has 1 aromatic heterocycles. The number of unbranched alkanes of at least 4 members (excludes halogenated alkanes) is 3. The van der Waals surface area contributed by atoms with E-state index in [-0.39, 0.29) is 43.7 Å². The topological polar surface area (TPSA) is 468 Å². The van der Waals surface area contributed by atoms with E-state index in [0.29, 0.717) is 54.3 Å². The number of nitrogens with one attached hydrogen (secondary N) is 10. The van der Waals surface area contributed by atoms with Crippen LogP contribution in [-0.2, 0) is 75.6 Å². The van der Waals surface area contributed by atoms with E-state index >= 15 is 0 Å². The minimum Gasteiger partial charge on any atom is -0.497 e. The summed E-state index contributed by atoms with van der Waals surface area (Å²) in [6.07, 6.45) is -1.27. The van der Waals surface area contributed by atoms with Gasteiger partial charge < -0.3 is 78.0 Å². The molecule has 0 saturated carbocycles. The fourth-order valence-electron chi connectivity index (χ4n) is 9.41. The summed E-state index contributed by atoms with van der Waals surface area (Å²) in [4.78, 5) is 159. The van der Waals surface area contributed by atoms with Crippen molar-refractivity contribution in [2.75, 3.05) is 26.7 Å². The molecule has 94 heavy (non-hydrogen) atoms. The van der Waals surface area contributed by atoms with Crippen molar-refractivity contribution in [3.05, 3.63) is 126 Å². The molecule has 15 N–H and O–H groups in total. The number of aromatic nitrogens is 1. The van der Waals surface area contributed by atoms with Crippen molar-refractivity contribution in [3.8, 4) is 11.5 Å². The van der Waals surface area contributed by atoms with Gasteiger partial charge in [0.15, 0.2) is 0 Å². The van der Waals surface area contributed by atoms with Crippen LogP contribution >= 0.6 is 0 Å². The lowest BCUT2D eigenvalue weighted by Gasteiger charge is -2.26. The van der Waals surface area contributed by atoms with Gasteiger partial charge in [-0.15, -0.1) is 0 Å². The third-order valence-electron chi connectivity index (χ3n) is 14.3. The average Bonchev–Trinajstić information content (AvgIpc) is 1.49. The van der Waals surface area contributed by atoms with Gasteiger partial charge in [-0.3, -0.25) is 52.7 Å². The quantitative estimate of drug-likeness (QED) is 0.0245. The molecular formula is C62H76FN11O19S. The first-order chi connectivity index (χ1) is 44.8. The Labute approximate surface area is 538 Å². The summed E-state index contributed by atoms with van der Waals surface area (Å²) < 4.78 is 53.2. The fourth-order valence-corrected chi connectivity index (χ4v) is 10.6. The van der Waals surface area contributed by atoms with Crippen molar-refractivity contribution in [2.45, 2.75) is 131 Å². The predicted molar refractivity (Wildman–Crippen MR) is 333 cm³/mol. The summed E-state index contributed by atoms with van der Waals surface area (Å²) in [7, 11) is -3.28. The standard InChI is InChI=1S/C62H76FN11O19S/c1-92-40-21-23-42(24-22-40)94(90,91)74-50(34-55(81)82)61(88)72-47(26-28-54(79)80)58(85)68-36-52(76)70-48(32-37-13-12-14-39(63)31-37)59(86)73-49(33-38-35-67-44-18-8-7-17-43(38)44)60(87)71-46(25-27-53(77)78)57(84)65-29-10-3-6-20-51(75)69-45(56(64)83)19-9-11-30-66-62(89)93-41-15-4-2-5-16-41/h2,4-5,7-8,12-18,21-24,31,35,45-50,67,74H,3,6,9-11,19-20,25-30,32-34,36H2,1H3,(H2,64,83)(H,65,84)(H,66,89)(H,68,85)(H,69,75)(H,70,76)(H,71,87)(H,72,88)(H,73,86)(H,77,78)(H,79,80)(H,81,82). The molecule has 5 aromatic rings. The number of carbonyl (C=O) groups is 12. The van der Waals surface area contributed by atoms with Crippen LogP contribution in [0, 0.1) is 5.82 Å². The van der Waals surface area contributed by atoms with E-state index in [1.54, 1.807) is 60.8 Å². The molecule has 9 amide bonds. The maximum Gasteiger partial charge on any atom is 0.412 e. The van der Waals surface area contributed by atoms with Crippen LogP contribution in [-0.4, -0.2) is 163 Å². The number of carboxylic acids is 3. The van der Waals surface area contributed by atoms with Crippen LogP contribution < -0.4 is 62.5 Å². The number of sulfonamides is 1. The Balaban J connectivity index is 1.24. The number of primary amides is 1. The molecular weight excluding hydrogens is 1250 g/mol. The molecule has 0 saturated heterocycles. The Morgan fingerprint density at radius 3 is 1.76 bits per heavy atom. The predicted octanol–water partition coefficient (Wildman–Crippen LogP) is 1.31. The van der Waals surface area contributed by atoms with Gasteiger partial charge in [-0.1, -0.05) is 55.0 Å². The molecule has 0 aliphatic carbocycles. The number of aromatic amines is 1. The third-order valence-corrected chi connectivity index (χ3v) is 15.7. The van der Waals surface area contributed by atoms with Crippen LogP contribution in [0.1, 0.15) is 88.2 Å². The number of nitrogens with two attached hydrogens (primary N) is 1. The lowest BCUT2D eigenvalue weighted by atomic mass is 10.0. The number of para-hydroxylation sites is 2. The van der Waals surface area contributed by atoms with Crippen molar-refractivity contribution >= 4 is 92.2 Å². The van der Waals surface area contributed by atoms with Gasteiger partial charge in [-0.25, -0.2) is 17.6 Å². The van der Waals surface area contributed by atoms with E-state index in [1.165, 1.54) is 31.4 Å². The van der Waals surface area contributed by atoms with Crippen molar-refractivity contribution in [1.82, 2.24) is 52.2 Å². The lowest BCUT2D eigenvalue weighted by molar-refractivity contribution is -0.140. The molecule has 506 valence electrons. The molecule has 30 nitrogen and oxygen atoms in total. The SMILES string of the molecule is COc1ccc(S(=O)(=O)NC(CC(=O)O)C(=O)NC(CCC(=O)O)C(=O)NCC(=O)NC(Cc2cccc(F)c2)C(=O)NC(Cc2c[nH]c3ccccc23)C(=O)NC(CCC(=O)O)C(=O)NCCCCCC(=O)NC(CCCCNC(=O)Oc2ccccc2)C(N)=O)cc1. The molecule has 1 heterocycles. The molecule has 0 aliphatic heterocycles. The van der Waals surface area contributed by atoms with E-state index in [9.17, 15) is 85.7 Å². The Kier molecular flexibility index (Phi) is 29.8. The molecule has 32 heteroatoms. The van der Waals surface area contributed by atoms with Crippen LogP contribution in [0.15, 0.2) is 114 Å². The van der Waals surface area contributed by atoms with Gasteiger partial charge >= 0.3 is 24.0 Å². The van der Waals surface area contributed by atoms with E-state index in [4.69, 9.17) is 15.2 Å².